The molecular formula is C60H64N2. The largest absolute Gasteiger partial charge is 0.309 e. The second-order valence-electron chi connectivity index (χ2n) is 21.9. The number of hydrogen-bond donors (Lipinski definition) is 0. The fourth-order valence-corrected chi connectivity index (χ4v) is 13.1. The second kappa shape index (κ2) is 14.3. The third-order valence-corrected chi connectivity index (χ3v) is 14.5. The Morgan fingerprint density at radius 2 is 0.435 bits per heavy atom. The number of fused-ring (bicyclic) bond motifs is 6. The first-order valence-electron chi connectivity index (χ1n) is 22.6. The Morgan fingerprint density at radius 3 is 0.645 bits per heavy atom. The zero-order valence-electron chi connectivity index (χ0n) is 39.1. The summed E-state index contributed by atoms with van der Waals surface area (Å²) in [5.41, 5.74) is 11.6. The molecule has 0 aliphatic heterocycles. The van der Waals surface area contributed by atoms with Gasteiger partial charge in [-0.1, -0.05) is 204 Å². The number of rotatable bonds is 6. The van der Waals surface area contributed by atoms with Gasteiger partial charge in [0.05, 0.1) is 22.1 Å². The van der Waals surface area contributed by atoms with Crippen LogP contribution in [-0.2, 0) is 10.8 Å². The fourth-order valence-electron chi connectivity index (χ4n) is 13.1. The molecule has 0 amide bonds. The topological polar surface area (TPSA) is 9.86 Å². The zero-order valence-corrected chi connectivity index (χ0v) is 39.1. The first-order chi connectivity index (χ1) is 29.3. The molecule has 0 spiro atoms. The Balaban J connectivity index is 1.18. The van der Waals surface area contributed by atoms with E-state index in [1.54, 1.807) is 0 Å². The Bertz CT molecular complexity index is 2720. The summed E-state index contributed by atoms with van der Waals surface area (Å²) in [4.78, 5) is 0. The van der Waals surface area contributed by atoms with Crippen LogP contribution in [0.15, 0.2) is 170 Å². The predicted molar refractivity (Wildman–Crippen MR) is 267 cm³/mol. The predicted octanol–water partition coefficient (Wildman–Crippen LogP) is 16.6. The number of hydrogen-bond acceptors (Lipinski definition) is 0. The standard InChI is InChI=1S/C60H64N2/c1-55(2,3)59(56(4,5)6,43-33-37-45(38-34-43)61-51-25-17-13-21-47(51)48-22-14-18-26-52(48)61)41-29-31-42(32-30-41)60(57(7,8)9,58(10,11)12)44-35-39-46(40-36-44)62-53-27-19-15-23-49(53)50-24-16-20-28-54(50)62/h13-40H,1-12H3. The Morgan fingerprint density at radius 1 is 0.242 bits per heavy atom. The van der Waals surface area contributed by atoms with E-state index >= 15 is 0 Å². The van der Waals surface area contributed by atoms with Crippen LogP contribution in [0.1, 0.15) is 105 Å². The third-order valence-electron chi connectivity index (χ3n) is 14.5. The first-order valence-corrected chi connectivity index (χ1v) is 22.6. The lowest BCUT2D eigenvalue weighted by atomic mass is 9.47. The third kappa shape index (κ3) is 5.96. The molecule has 0 aliphatic rings. The van der Waals surface area contributed by atoms with Crippen LogP contribution in [0.2, 0.25) is 0 Å². The molecule has 0 saturated carbocycles. The van der Waals surface area contributed by atoms with Gasteiger partial charge < -0.3 is 9.13 Å². The van der Waals surface area contributed by atoms with Gasteiger partial charge >= 0.3 is 0 Å². The van der Waals surface area contributed by atoms with E-state index in [9.17, 15) is 0 Å². The van der Waals surface area contributed by atoms with Crippen LogP contribution in [0.5, 0.6) is 0 Å². The minimum atomic E-state index is -0.312. The van der Waals surface area contributed by atoms with Crippen LogP contribution < -0.4 is 0 Å². The molecule has 0 atom stereocenters. The van der Waals surface area contributed by atoms with Crippen LogP contribution in [0.3, 0.4) is 0 Å². The average Bonchev–Trinajstić information content (AvgIpc) is 3.74. The Hall–Kier alpha value is -5.86. The molecule has 2 nitrogen and oxygen atoms in total. The minimum Gasteiger partial charge on any atom is -0.309 e. The summed E-state index contributed by atoms with van der Waals surface area (Å²) in [6.07, 6.45) is 0. The summed E-state index contributed by atoms with van der Waals surface area (Å²) in [6, 6.07) is 64.1. The molecule has 0 saturated heterocycles. The van der Waals surface area contributed by atoms with Crippen molar-refractivity contribution < 1.29 is 0 Å². The van der Waals surface area contributed by atoms with Gasteiger partial charge in [0.15, 0.2) is 0 Å². The number of benzene rings is 7. The lowest BCUT2D eigenvalue weighted by Gasteiger charge is -2.56. The highest BCUT2D eigenvalue weighted by Gasteiger charge is 2.55. The van der Waals surface area contributed by atoms with Crippen molar-refractivity contribution in [1.29, 1.82) is 0 Å². The molecule has 0 radical (unpaired) electrons. The van der Waals surface area contributed by atoms with Crippen LogP contribution >= 0.6 is 0 Å². The summed E-state index contributed by atoms with van der Waals surface area (Å²) >= 11 is 0. The van der Waals surface area contributed by atoms with Crippen LogP contribution in [-0.4, -0.2) is 9.13 Å². The van der Waals surface area contributed by atoms with Crippen molar-refractivity contribution in [2.75, 3.05) is 0 Å². The van der Waals surface area contributed by atoms with Gasteiger partial charge in [0.2, 0.25) is 0 Å². The summed E-state index contributed by atoms with van der Waals surface area (Å²) in [5.74, 6) is 0. The van der Waals surface area contributed by atoms with Crippen molar-refractivity contribution >= 4 is 43.6 Å². The normalized spacial score (nSPS) is 13.5. The number of para-hydroxylation sites is 4. The highest BCUT2D eigenvalue weighted by atomic mass is 15.0. The van der Waals surface area contributed by atoms with E-state index in [2.05, 4.69) is 262 Å². The molecular weight excluding hydrogens is 749 g/mol. The van der Waals surface area contributed by atoms with Gasteiger partial charge in [-0.2, -0.15) is 0 Å². The van der Waals surface area contributed by atoms with Crippen LogP contribution in [0.25, 0.3) is 55.0 Å². The maximum absolute atomic E-state index is 2.48. The van der Waals surface area contributed by atoms with Gasteiger partial charge in [-0.3, -0.25) is 0 Å². The summed E-state index contributed by atoms with van der Waals surface area (Å²) < 4.78 is 4.85. The van der Waals surface area contributed by atoms with E-state index in [0.29, 0.717) is 0 Å². The van der Waals surface area contributed by atoms with Crippen molar-refractivity contribution in [1.82, 2.24) is 9.13 Å². The summed E-state index contributed by atoms with van der Waals surface area (Å²) in [6.45, 7) is 29.2. The summed E-state index contributed by atoms with van der Waals surface area (Å²) in [7, 11) is 0. The first kappa shape index (κ1) is 41.5. The molecule has 0 aliphatic carbocycles. The summed E-state index contributed by atoms with van der Waals surface area (Å²) in [5, 5.41) is 5.14. The number of aromatic nitrogens is 2. The van der Waals surface area contributed by atoms with Gasteiger partial charge in [-0.25, -0.2) is 0 Å². The van der Waals surface area contributed by atoms with Gasteiger partial charge in [-0.05, 0) is 92.4 Å². The molecule has 0 N–H and O–H groups in total. The lowest BCUT2D eigenvalue weighted by Crippen LogP contribution is -2.52. The average molecular weight is 813 g/mol. The van der Waals surface area contributed by atoms with Crippen LogP contribution in [0.4, 0.5) is 0 Å². The van der Waals surface area contributed by atoms with Gasteiger partial charge in [0, 0.05) is 43.7 Å². The molecule has 0 unspecified atom stereocenters. The number of nitrogens with zero attached hydrogens (tertiary/aromatic N) is 2. The van der Waals surface area contributed by atoms with E-state index in [-0.39, 0.29) is 32.5 Å². The molecule has 9 aromatic rings. The van der Waals surface area contributed by atoms with E-state index in [0.717, 1.165) is 0 Å². The minimum absolute atomic E-state index is 0.116. The quantitative estimate of drug-likeness (QED) is 0.158. The van der Waals surface area contributed by atoms with E-state index in [1.807, 2.05) is 0 Å². The highest BCUT2D eigenvalue weighted by molar-refractivity contribution is 6.10. The highest BCUT2D eigenvalue weighted by Crippen LogP contribution is 2.60. The van der Waals surface area contributed by atoms with Crippen molar-refractivity contribution in [3.63, 3.8) is 0 Å². The van der Waals surface area contributed by atoms with Crippen molar-refractivity contribution in [2.45, 2.75) is 93.9 Å². The van der Waals surface area contributed by atoms with Gasteiger partial charge in [-0.15, -0.1) is 0 Å². The second-order valence-corrected chi connectivity index (χ2v) is 21.9. The molecule has 0 fully saturated rings. The molecule has 2 heterocycles. The molecule has 7 aromatic carbocycles. The van der Waals surface area contributed by atoms with Crippen molar-refractivity contribution in [2.24, 2.45) is 21.7 Å². The lowest BCUT2D eigenvalue weighted by molar-refractivity contribution is 0.0871. The molecule has 0 bridgehead atoms. The molecule has 62 heavy (non-hydrogen) atoms. The van der Waals surface area contributed by atoms with E-state index in [4.69, 9.17) is 0 Å². The fraction of sp³-hybridized carbons (Fsp3) is 0.300. The maximum atomic E-state index is 2.48. The van der Waals surface area contributed by atoms with Crippen LogP contribution in [0, 0.1) is 21.7 Å². The molecule has 2 aromatic heterocycles. The molecule has 9 rings (SSSR count). The van der Waals surface area contributed by atoms with Crippen molar-refractivity contribution in [3.8, 4) is 11.4 Å². The Labute approximate surface area is 370 Å². The Kier molecular flexibility index (Phi) is 9.60. The molecule has 314 valence electrons. The SMILES string of the molecule is CC(C)(C)C(c1ccc(-n2c3ccccc3c3ccccc32)cc1)(c1ccc(C(c2ccc(-n3c4ccccc4c4ccccc43)cc2)(C(C)(C)C)C(C)(C)C)cc1)C(C)(C)C. The molecule has 2 heteroatoms. The van der Waals surface area contributed by atoms with Gasteiger partial charge in [0.25, 0.3) is 0 Å². The smallest absolute Gasteiger partial charge is 0.0541 e. The van der Waals surface area contributed by atoms with Gasteiger partial charge in [0.1, 0.15) is 0 Å². The maximum Gasteiger partial charge on any atom is 0.0541 e. The monoisotopic (exact) mass is 813 g/mol. The van der Waals surface area contributed by atoms with E-state index in [1.165, 1.54) is 77.2 Å². The van der Waals surface area contributed by atoms with E-state index < -0.39 is 0 Å². The van der Waals surface area contributed by atoms with Crippen molar-refractivity contribution in [3.05, 3.63) is 192 Å². The zero-order chi connectivity index (χ0) is 44.0.